The smallest absolute Gasteiger partial charge is 0.273 e. The number of hydrogen-bond donors (Lipinski definition) is 1. The zero-order chi connectivity index (χ0) is 14.5. The number of carbonyl (C=O) groups is 1. The summed E-state index contributed by atoms with van der Waals surface area (Å²) in [6.07, 6.45) is 1.46. The van der Waals surface area contributed by atoms with E-state index in [1.165, 1.54) is 6.07 Å². The predicted molar refractivity (Wildman–Crippen MR) is 77.4 cm³/mol. The van der Waals surface area contributed by atoms with Crippen molar-refractivity contribution in [3.05, 3.63) is 62.7 Å². The molecular weight excluding hydrogens is 326 g/mol. The van der Waals surface area contributed by atoms with Gasteiger partial charge in [-0.05, 0) is 28.1 Å². The first-order valence-electron chi connectivity index (χ1n) is 5.70. The second-order valence-electron chi connectivity index (χ2n) is 3.94. The number of benzene rings is 1. The van der Waals surface area contributed by atoms with Gasteiger partial charge in [0.15, 0.2) is 0 Å². The van der Waals surface area contributed by atoms with E-state index < -0.39 is 4.92 Å². The van der Waals surface area contributed by atoms with Crippen LogP contribution in [0.2, 0.25) is 0 Å². The summed E-state index contributed by atoms with van der Waals surface area (Å²) in [6, 6.07) is 9.63. The molecule has 7 heteroatoms. The van der Waals surface area contributed by atoms with E-state index in [-0.39, 0.29) is 18.0 Å². The van der Waals surface area contributed by atoms with Gasteiger partial charge in [0.25, 0.3) is 5.69 Å². The molecule has 20 heavy (non-hydrogen) atoms. The lowest BCUT2D eigenvalue weighted by Gasteiger charge is -2.06. The third-order valence-electron chi connectivity index (χ3n) is 2.56. The molecule has 1 heterocycles. The van der Waals surface area contributed by atoms with Crippen molar-refractivity contribution in [2.45, 2.75) is 6.42 Å². The number of halogens is 1. The van der Waals surface area contributed by atoms with E-state index in [0.717, 1.165) is 0 Å². The van der Waals surface area contributed by atoms with E-state index in [1.807, 2.05) is 0 Å². The van der Waals surface area contributed by atoms with E-state index in [2.05, 4.69) is 26.2 Å². The Labute approximate surface area is 123 Å². The number of para-hydroxylation sites is 1. The summed E-state index contributed by atoms with van der Waals surface area (Å²) in [5, 5.41) is 13.5. The zero-order valence-electron chi connectivity index (χ0n) is 10.2. The van der Waals surface area contributed by atoms with Gasteiger partial charge in [0, 0.05) is 17.8 Å². The largest absolute Gasteiger partial charge is 0.309 e. The molecular formula is C13H10BrN3O3. The molecule has 0 aliphatic carbocycles. The number of amides is 1. The van der Waals surface area contributed by atoms with E-state index >= 15 is 0 Å². The number of pyridine rings is 1. The molecule has 0 aliphatic heterocycles. The van der Waals surface area contributed by atoms with E-state index in [1.54, 1.807) is 36.5 Å². The quantitative estimate of drug-likeness (QED) is 0.687. The zero-order valence-corrected chi connectivity index (χ0v) is 11.8. The molecule has 1 aromatic heterocycles. The Hall–Kier alpha value is -2.28. The molecule has 0 bridgehead atoms. The molecule has 102 valence electrons. The number of nitrogens with zero attached hydrogens (tertiary/aromatic N) is 2. The van der Waals surface area contributed by atoms with Gasteiger partial charge in [0.1, 0.15) is 5.82 Å². The van der Waals surface area contributed by atoms with E-state index in [4.69, 9.17) is 0 Å². The number of nitrogens with one attached hydrogen (secondary N) is 1. The highest BCUT2D eigenvalue weighted by atomic mass is 79.9. The average molecular weight is 336 g/mol. The molecule has 0 aliphatic rings. The normalized spacial score (nSPS) is 10.1. The van der Waals surface area contributed by atoms with Crippen LogP contribution in [0.5, 0.6) is 0 Å². The Morgan fingerprint density at radius 2 is 2.05 bits per heavy atom. The molecule has 0 radical (unpaired) electrons. The van der Waals surface area contributed by atoms with Crippen molar-refractivity contribution in [3.63, 3.8) is 0 Å². The molecule has 0 fully saturated rings. The van der Waals surface area contributed by atoms with Crippen LogP contribution in [-0.4, -0.2) is 15.8 Å². The Balaban J connectivity index is 2.13. The van der Waals surface area contributed by atoms with Crippen LogP contribution in [0.1, 0.15) is 5.56 Å². The summed E-state index contributed by atoms with van der Waals surface area (Å²) in [6.45, 7) is 0. The van der Waals surface area contributed by atoms with Crippen molar-refractivity contribution in [3.8, 4) is 0 Å². The summed E-state index contributed by atoms with van der Waals surface area (Å²) < 4.78 is 0.649. The van der Waals surface area contributed by atoms with Gasteiger partial charge in [0.05, 0.1) is 15.8 Å². The fraction of sp³-hybridized carbons (Fsp3) is 0.0769. The maximum absolute atomic E-state index is 11.9. The SMILES string of the molecule is O=C(Cc1ccccc1[N+](=O)[O-])Nc1ncccc1Br. The first-order chi connectivity index (χ1) is 9.58. The lowest BCUT2D eigenvalue weighted by molar-refractivity contribution is -0.385. The molecule has 0 atom stereocenters. The number of nitro benzene ring substituents is 1. The van der Waals surface area contributed by atoms with Crippen LogP contribution in [-0.2, 0) is 11.2 Å². The van der Waals surface area contributed by atoms with Crippen molar-refractivity contribution >= 4 is 33.3 Å². The predicted octanol–water partition coefficient (Wildman–Crippen LogP) is 2.93. The molecule has 1 N–H and O–H groups in total. The number of nitro groups is 1. The van der Waals surface area contributed by atoms with E-state index in [0.29, 0.717) is 15.9 Å². The number of aromatic nitrogens is 1. The molecule has 1 amide bonds. The summed E-state index contributed by atoms with van der Waals surface area (Å²) in [5.41, 5.74) is 0.296. The Morgan fingerprint density at radius 1 is 1.30 bits per heavy atom. The Kier molecular flexibility index (Phi) is 4.41. The fourth-order valence-electron chi connectivity index (χ4n) is 1.67. The summed E-state index contributed by atoms with van der Waals surface area (Å²) >= 11 is 3.26. The van der Waals surface area contributed by atoms with Crippen LogP contribution in [0.3, 0.4) is 0 Å². The van der Waals surface area contributed by atoms with Crippen molar-refractivity contribution in [2.75, 3.05) is 5.32 Å². The number of rotatable bonds is 4. The Bertz CT molecular complexity index is 661. The summed E-state index contributed by atoms with van der Waals surface area (Å²) in [7, 11) is 0. The number of hydrogen-bond acceptors (Lipinski definition) is 4. The van der Waals surface area contributed by atoms with Crippen molar-refractivity contribution in [1.82, 2.24) is 4.98 Å². The van der Waals surface area contributed by atoms with Crippen LogP contribution in [0.25, 0.3) is 0 Å². The van der Waals surface area contributed by atoms with Crippen molar-refractivity contribution in [1.29, 1.82) is 0 Å². The minimum atomic E-state index is -0.501. The van der Waals surface area contributed by atoms with Gasteiger partial charge in [-0.3, -0.25) is 14.9 Å². The number of anilines is 1. The molecule has 0 saturated carbocycles. The molecule has 0 spiro atoms. The standard InChI is InChI=1S/C13H10BrN3O3/c14-10-5-3-7-15-13(10)16-12(18)8-9-4-1-2-6-11(9)17(19)20/h1-7H,8H2,(H,15,16,18). The second kappa shape index (κ2) is 6.25. The van der Waals surface area contributed by atoms with Gasteiger partial charge >= 0.3 is 0 Å². The number of carbonyl (C=O) groups excluding carboxylic acids is 1. The highest BCUT2D eigenvalue weighted by Gasteiger charge is 2.16. The van der Waals surface area contributed by atoms with Gasteiger partial charge in [-0.1, -0.05) is 18.2 Å². The van der Waals surface area contributed by atoms with Crippen LogP contribution >= 0.6 is 15.9 Å². The second-order valence-corrected chi connectivity index (χ2v) is 4.80. The molecule has 6 nitrogen and oxygen atoms in total. The van der Waals surface area contributed by atoms with Crippen LogP contribution < -0.4 is 5.32 Å². The van der Waals surface area contributed by atoms with E-state index in [9.17, 15) is 14.9 Å². The van der Waals surface area contributed by atoms with Gasteiger partial charge in [0.2, 0.25) is 5.91 Å². The summed E-state index contributed by atoms with van der Waals surface area (Å²) in [5.74, 6) is 0.0229. The third-order valence-corrected chi connectivity index (χ3v) is 3.20. The van der Waals surface area contributed by atoms with Crippen molar-refractivity contribution in [2.24, 2.45) is 0 Å². The first kappa shape index (κ1) is 14.1. The third kappa shape index (κ3) is 3.39. The minimum Gasteiger partial charge on any atom is -0.309 e. The van der Waals surface area contributed by atoms with Crippen LogP contribution in [0, 0.1) is 10.1 Å². The maximum atomic E-state index is 11.9. The lowest BCUT2D eigenvalue weighted by Crippen LogP contribution is -2.16. The summed E-state index contributed by atoms with van der Waals surface area (Å²) in [4.78, 5) is 26.3. The highest BCUT2D eigenvalue weighted by molar-refractivity contribution is 9.10. The molecule has 0 unspecified atom stereocenters. The fourth-order valence-corrected chi connectivity index (χ4v) is 2.02. The van der Waals surface area contributed by atoms with Gasteiger partial charge < -0.3 is 5.32 Å². The van der Waals surface area contributed by atoms with Gasteiger partial charge in [-0.2, -0.15) is 0 Å². The van der Waals surface area contributed by atoms with Gasteiger partial charge in [-0.15, -0.1) is 0 Å². The highest BCUT2D eigenvalue weighted by Crippen LogP contribution is 2.21. The monoisotopic (exact) mass is 335 g/mol. The average Bonchev–Trinajstić information content (AvgIpc) is 2.41. The molecule has 1 aromatic carbocycles. The van der Waals surface area contributed by atoms with Crippen molar-refractivity contribution < 1.29 is 9.72 Å². The maximum Gasteiger partial charge on any atom is 0.273 e. The first-order valence-corrected chi connectivity index (χ1v) is 6.50. The van der Waals surface area contributed by atoms with Gasteiger partial charge in [-0.25, -0.2) is 4.98 Å². The van der Waals surface area contributed by atoms with Crippen LogP contribution in [0.15, 0.2) is 47.1 Å². The topological polar surface area (TPSA) is 85.1 Å². The minimum absolute atomic E-state index is 0.0669. The lowest BCUT2D eigenvalue weighted by atomic mass is 10.1. The Morgan fingerprint density at radius 3 is 2.75 bits per heavy atom. The molecule has 2 rings (SSSR count). The molecule has 0 saturated heterocycles. The van der Waals surface area contributed by atoms with Crippen LogP contribution in [0.4, 0.5) is 11.5 Å². The molecule has 2 aromatic rings.